The molecular formula is C22H21N3O4. The lowest BCUT2D eigenvalue weighted by Gasteiger charge is -2.24. The van der Waals surface area contributed by atoms with Gasteiger partial charge in [-0.1, -0.05) is 6.92 Å². The number of cyclic esters (lactones) is 1. The molecule has 3 aromatic rings. The summed E-state index contributed by atoms with van der Waals surface area (Å²) in [5, 5.41) is 14.2. The number of nitrogens with zero attached hydrogens (tertiary/aromatic N) is 2. The van der Waals surface area contributed by atoms with E-state index in [1.807, 2.05) is 26.1 Å². The topological polar surface area (TPSA) is 93.5 Å². The van der Waals surface area contributed by atoms with Gasteiger partial charge < -0.3 is 19.7 Å². The van der Waals surface area contributed by atoms with Crippen LogP contribution in [-0.4, -0.2) is 27.7 Å². The molecule has 2 aliphatic heterocycles. The lowest BCUT2D eigenvalue weighted by atomic mass is 9.90. The molecule has 1 aromatic carbocycles. The maximum atomic E-state index is 13.2. The fourth-order valence-corrected chi connectivity index (χ4v) is 4.48. The molecule has 148 valence electrons. The monoisotopic (exact) mass is 391 g/mol. The van der Waals surface area contributed by atoms with Crippen LogP contribution in [0.4, 0.5) is 0 Å². The number of aromatic nitrogens is 2. The number of hydrogen-bond donors (Lipinski definition) is 2. The van der Waals surface area contributed by atoms with E-state index in [1.165, 1.54) is 0 Å². The largest absolute Gasteiger partial charge is 0.508 e. The Hall–Kier alpha value is -3.19. The molecule has 0 spiro atoms. The number of esters is 1. The molecule has 29 heavy (non-hydrogen) atoms. The van der Waals surface area contributed by atoms with Gasteiger partial charge in [0, 0.05) is 23.1 Å². The van der Waals surface area contributed by atoms with Crippen molar-refractivity contribution < 1.29 is 14.6 Å². The van der Waals surface area contributed by atoms with Crippen molar-refractivity contribution in [1.82, 2.24) is 14.9 Å². The second-order valence-electron chi connectivity index (χ2n) is 7.58. The first-order valence-corrected chi connectivity index (χ1v) is 9.76. The fraction of sp³-hybridized carbons (Fsp3) is 0.318. The highest BCUT2D eigenvalue weighted by Gasteiger charge is 2.34. The number of carbonyl (C=O) groups excluding carboxylic acids is 1. The number of phenolic OH excluding ortho intramolecular Hbond substituents is 1. The first kappa shape index (κ1) is 17.9. The van der Waals surface area contributed by atoms with Crippen molar-refractivity contribution in [3.63, 3.8) is 0 Å². The van der Waals surface area contributed by atoms with Crippen LogP contribution in [0.25, 0.3) is 22.3 Å². The Labute approximate surface area is 167 Å². The maximum Gasteiger partial charge on any atom is 0.313 e. The molecule has 1 unspecified atom stereocenters. The molecule has 0 amide bonds. The number of fused-ring (bicyclic) bond motifs is 5. The summed E-state index contributed by atoms with van der Waals surface area (Å²) in [4.78, 5) is 30.2. The van der Waals surface area contributed by atoms with Crippen molar-refractivity contribution >= 4 is 16.9 Å². The van der Waals surface area contributed by atoms with Crippen molar-refractivity contribution in [2.45, 2.75) is 39.0 Å². The van der Waals surface area contributed by atoms with Crippen LogP contribution in [0.2, 0.25) is 0 Å². The highest BCUT2D eigenvalue weighted by Crippen LogP contribution is 2.38. The molecule has 0 saturated carbocycles. The van der Waals surface area contributed by atoms with Crippen LogP contribution in [0.5, 0.6) is 5.75 Å². The molecule has 0 bridgehead atoms. The Morgan fingerprint density at radius 2 is 2.14 bits per heavy atom. The van der Waals surface area contributed by atoms with Gasteiger partial charge in [-0.15, -0.1) is 0 Å². The normalized spacial score (nSPS) is 17.0. The number of rotatable bonds is 3. The first-order valence-electron chi connectivity index (χ1n) is 9.76. The summed E-state index contributed by atoms with van der Waals surface area (Å²) in [6.45, 7) is 2.87. The van der Waals surface area contributed by atoms with Crippen molar-refractivity contribution in [1.29, 1.82) is 0 Å². The highest BCUT2D eigenvalue weighted by molar-refractivity contribution is 5.89. The number of pyridine rings is 2. The summed E-state index contributed by atoms with van der Waals surface area (Å²) >= 11 is 0. The quantitative estimate of drug-likeness (QED) is 0.521. The van der Waals surface area contributed by atoms with E-state index in [0.29, 0.717) is 25.1 Å². The van der Waals surface area contributed by atoms with E-state index in [1.54, 1.807) is 16.7 Å². The lowest BCUT2D eigenvalue weighted by molar-refractivity contribution is -0.148. The van der Waals surface area contributed by atoms with Gasteiger partial charge in [-0.2, -0.15) is 0 Å². The second-order valence-corrected chi connectivity index (χ2v) is 7.58. The van der Waals surface area contributed by atoms with Gasteiger partial charge in [0.15, 0.2) is 0 Å². The lowest BCUT2D eigenvalue weighted by Crippen LogP contribution is -2.32. The van der Waals surface area contributed by atoms with Gasteiger partial charge in [-0.05, 0) is 43.3 Å². The zero-order chi connectivity index (χ0) is 20.3. The Morgan fingerprint density at radius 3 is 2.90 bits per heavy atom. The molecule has 0 radical (unpaired) electrons. The van der Waals surface area contributed by atoms with E-state index in [2.05, 4.69) is 5.32 Å². The third kappa shape index (κ3) is 2.50. The number of hydrogen-bond acceptors (Lipinski definition) is 6. The average molecular weight is 391 g/mol. The van der Waals surface area contributed by atoms with Crippen molar-refractivity contribution in [2.75, 3.05) is 7.05 Å². The number of carbonyl (C=O) groups is 1. The zero-order valence-electron chi connectivity index (χ0n) is 16.3. The van der Waals surface area contributed by atoms with E-state index < -0.39 is 5.92 Å². The molecule has 0 saturated heterocycles. The minimum atomic E-state index is -0.416. The predicted octanol–water partition coefficient (Wildman–Crippen LogP) is 2.40. The molecule has 1 atom stereocenters. The minimum absolute atomic E-state index is 0.0235. The van der Waals surface area contributed by atoms with Crippen LogP contribution >= 0.6 is 0 Å². The van der Waals surface area contributed by atoms with Crippen molar-refractivity contribution in [3.8, 4) is 17.1 Å². The van der Waals surface area contributed by atoms with Crippen LogP contribution in [-0.2, 0) is 29.2 Å². The van der Waals surface area contributed by atoms with Crippen molar-refractivity contribution in [2.24, 2.45) is 0 Å². The number of nitrogens with one attached hydrogen (secondary N) is 1. The molecule has 4 heterocycles. The van der Waals surface area contributed by atoms with Gasteiger partial charge in [-0.3, -0.25) is 9.59 Å². The summed E-state index contributed by atoms with van der Waals surface area (Å²) in [5.41, 5.74) is 5.17. The van der Waals surface area contributed by atoms with E-state index in [0.717, 1.165) is 39.0 Å². The molecule has 2 aliphatic rings. The summed E-state index contributed by atoms with van der Waals surface area (Å²) in [7, 11) is 1.83. The Kier molecular flexibility index (Phi) is 3.96. The third-order valence-corrected chi connectivity index (χ3v) is 5.95. The summed E-state index contributed by atoms with van der Waals surface area (Å²) in [6, 6.07) is 7.38. The summed E-state index contributed by atoms with van der Waals surface area (Å²) in [5.74, 6) is -0.472. The fourth-order valence-electron chi connectivity index (χ4n) is 4.48. The SMILES string of the molecule is CCC1C(=O)OCc2c1cc1n(c2=O)Cc2cc3c(CNC)c(O)ccc3nc2-1. The van der Waals surface area contributed by atoms with Crippen LogP contribution in [0, 0.1) is 0 Å². The Morgan fingerprint density at radius 1 is 1.31 bits per heavy atom. The van der Waals surface area contributed by atoms with Gasteiger partial charge in [0.1, 0.15) is 12.4 Å². The first-order chi connectivity index (χ1) is 14.0. The number of benzene rings is 1. The molecule has 5 rings (SSSR count). The summed E-state index contributed by atoms with van der Waals surface area (Å²) in [6.07, 6.45) is 0.583. The molecule has 0 fully saturated rings. The van der Waals surface area contributed by atoms with Crippen LogP contribution in [0.15, 0.2) is 29.1 Å². The maximum absolute atomic E-state index is 13.2. The highest BCUT2D eigenvalue weighted by atomic mass is 16.5. The van der Waals surface area contributed by atoms with Gasteiger partial charge >= 0.3 is 5.97 Å². The molecule has 2 aromatic heterocycles. The van der Waals surface area contributed by atoms with E-state index >= 15 is 0 Å². The van der Waals surface area contributed by atoms with Gasteiger partial charge in [-0.25, -0.2) is 4.98 Å². The molecule has 7 nitrogen and oxygen atoms in total. The standard InChI is InChI=1S/C22H21N3O4/c1-3-12-13-7-18-20-11(9-25(18)21(27)16(13)10-29-22(12)28)6-14-15(8-23-2)19(26)5-4-17(14)24-20/h4-7,12,23,26H,3,8-10H2,1-2H3. The van der Waals surface area contributed by atoms with Gasteiger partial charge in [0.25, 0.3) is 5.56 Å². The molecule has 0 aliphatic carbocycles. The van der Waals surface area contributed by atoms with Crippen molar-refractivity contribution in [3.05, 3.63) is 56.9 Å². The summed E-state index contributed by atoms with van der Waals surface area (Å²) < 4.78 is 6.95. The average Bonchev–Trinajstić information content (AvgIpc) is 3.07. The molecule has 2 N–H and O–H groups in total. The van der Waals surface area contributed by atoms with E-state index in [9.17, 15) is 14.7 Å². The minimum Gasteiger partial charge on any atom is -0.508 e. The predicted molar refractivity (Wildman–Crippen MR) is 108 cm³/mol. The number of ether oxygens (including phenoxy) is 1. The second kappa shape index (κ2) is 6.42. The molecule has 7 heteroatoms. The van der Waals surface area contributed by atoms with Gasteiger partial charge in [0.2, 0.25) is 0 Å². The van der Waals surface area contributed by atoms with Crippen LogP contribution in [0.3, 0.4) is 0 Å². The number of phenols is 1. The van der Waals surface area contributed by atoms with Gasteiger partial charge in [0.05, 0.1) is 34.9 Å². The zero-order valence-corrected chi connectivity index (χ0v) is 16.3. The van der Waals surface area contributed by atoms with Crippen LogP contribution in [0.1, 0.15) is 41.5 Å². The van der Waals surface area contributed by atoms with E-state index in [4.69, 9.17) is 9.72 Å². The smallest absolute Gasteiger partial charge is 0.313 e. The molecular weight excluding hydrogens is 370 g/mol. The Balaban J connectivity index is 1.74. The number of aromatic hydroxyl groups is 1. The Bertz CT molecular complexity index is 1250. The third-order valence-electron chi connectivity index (χ3n) is 5.95. The van der Waals surface area contributed by atoms with Crippen LogP contribution < -0.4 is 10.9 Å². The van der Waals surface area contributed by atoms with E-state index in [-0.39, 0.29) is 23.9 Å².